The van der Waals surface area contributed by atoms with Crippen molar-refractivity contribution in [1.29, 1.82) is 0 Å². The zero-order valence-electron chi connectivity index (χ0n) is 9.85. The Morgan fingerprint density at radius 2 is 2.25 bits per heavy atom. The number of carbonyl (C=O) groups excluding carboxylic acids is 1. The van der Waals surface area contributed by atoms with Crippen molar-refractivity contribution in [3.05, 3.63) is 11.1 Å². The number of aromatic nitrogens is 1. The maximum atomic E-state index is 10.6. The van der Waals surface area contributed by atoms with Gasteiger partial charge in [0.25, 0.3) is 0 Å². The van der Waals surface area contributed by atoms with Crippen molar-refractivity contribution in [2.45, 2.75) is 38.6 Å². The SMILES string of the molecule is CC1CCCCC1N(C)c1ncc(C=O)s1. The van der Waals surface area contributed by atoms with E-state index in [9.17, 15) is 4.79 Å². The molecule has 4 heteroatoms. The van der Waals surface area contributed by atoms with E-state index in [1.165, 1.54) is 37.0 Å². The van der Waals surface area contributed by atoms with E-state index in [2.05, 4.69) is 23.9 Å². The standard InChI is InChI=1S/C12H18N2OS/c1-9-5-3-4-6-11(9)14(2)12-13-7-10(8-15)16-12/h7-9,11H,3-6H2,1-2H3. The van der Waals surface area contributed by atoms with Gasteiger partial charge in [-0.2, -0.15) is 0 Å². The molecule has 1 aromatic rings. The molecule has 2 atom stereocenters. The number of nitrogens with zero attached hydrogens (tertiary/aromatic N) is 2. The Bertz CT molecular complexity index is 364. The van der Waals surface area contributed by atoms with E-state index in [0.717, 1.165) is 17.3 Å². The second-order valence-corrected chi connectivity index (χ2v) is 5.64. The van der Waals surface area contributed by atoms with Crippen molar-refractivity contribution in [3.8, 4) is 0 Å². The van der Waals surface area contributed by atoms with Crippen LogP contribution in [0.5, 0.6) is 0 Å². The number of anilines is 1. The van der Waals surface area contributed by atoms with E-state index in [0.29, 0.717) is 10.9 Å². The molecule has 0 N–H and O–H groups in total. The molecule has 0 saturated heterocycles. The first kappa shape index (κ1) is 11.6. The molecule has 1 aliphatic rings. The third-order valence-corrected chi connectivity index (χ3v) is 4.51. The van der Waals surface area contributed by atoms with Crippen LogP contribution in [-0.4, -0.2) is 24.4 Å². The van der Waals surface area contributed by atoms with Gasteiger partial charge in [0.05, 0.1) is 11.1 Å². The minimum atomic E-state index is 0.583. The smallest absolute Gasteiger partial charge is 0.185 e. The highest BCUT2D eigenvalue weighted by molar-refractivity contribution is 7.17. The van der Waals surface area contributed by atoms with E-state index < -0.39 is 0 Å². The molecule has 3 nitrogen and oxygen atoms in total. The van der Waals surface area contributed by atoms with Gasteiger partial charge in [-0.15, -0.1) is 0 Å². The predicted molar refractivity (Wildman–Crippen MR) is 67.3 cm³/mol. The van der Waals surface area contributed by atoms with Crippen LogP contribution in [0.15, 0.2) is 6.20 Å². The summed E-state index contributed by atoms with van der Waals surface area (Å²) >= 11 is 1.48. The molecule has 1 saturated carbocycles. The van der Waals surface area contributed by atoms with Crippen molar-refractivity contribution in [2.24, 2.45) is 5.92 Å². The first-order chi connectivity index (χ1) is 7.72. The van der Waals surface area contributed by atoms with Crippen molar-refractivity contribution in [3.63, 3.8) is 0 Å². The molecule has 0 radical (unpaired) electrons. The van der Waals surface area contributed by atoms with Gasteiger partial charge in [-0.1, -0.05) is 31.1 Å². The summed E-state index contributed by atoms with van der Waals surface area (Å²) in [7, 11) is 2.10. The number of rotatable bonds is 3. The van der Waals surface area contributed by atoms with Crippen molar-refractivity contribution >= 4 is 22.8 Å². The van der Waals surface area contributed by atoms with Gasteiger partial charge in [0.2, 0.25) is 0 Å². The third kappa shape index (κ3) is 2.26. The molecule has 1 heterocycles. The lowest BCUT2D eigenvalue weighted by Gasteiger charge is -2.36. The molecule has 1 aliphatic carbocycles. The molecule has 1 fully saturated rings. The highest BCUT2D eigenvalue weighted by Crippen LogP contribution is 2.31. The highest BCUT2D eigenvalue weighted by atomic mass is 32.1. The van der Waals surface area contributed by atoms with Crippen LogP contribution >= 0.6 is 11.3 Å². The van der Waals surface area contributed by atoms with Crippen molar-refractivity contribution < 1.29 is 4.79 Å². The van der Waals surface area contributed by atoms with E-state index in [1.54, 1.807) is 6.20 Å². The molecular weight excluding hydrogens is 220 g/mol. The molecule has 2 unspecified atom stereocenters. The molecule has 1 aromatic heterocycles. The summed E-state index contributed by atoms with van der Waals surface area (Å²) in [6.07, 6.45) is 7.75. The molecule has 0 bridgehead atoms. The molecule has 2 rings (SSSR count). The molecule has 88 valence electrons. The Kier molecular flexibility index (Phi) is 3.59. The zero-order valence-corrected chi connectivity index (χ0v) is 10.7. The largest absolute Gasteiger partial charge is 0.348 e. The Morgan fingerprint density at radius 1 is 1.50 bits per heavy atom. The second-order valence-electron chi connectivity index (χ2n) is 4.60. The van der Waals surface area contributed by atoms with Gasteiger partial charge in [0, 0.05) is 13.1 Å². The van der Waals surface area contributed by atoms with Gasteiger partial charge in [0.1, 0.15) is 0 Å². The summed E-state index contributed by atoms with van der Waals surface area (Å²) in [6.45, 7) is 2.31. The fourth-order valence-corrected chi connectivity index (χ4v) is 3.26. The monoisotopic (exact) mass is 238 g/mol. The Hall–Kier alpha value is -0.900. The second kappa shape index (κ2) is 4.95. The van der Waals surface area contributed by atoms with Crippen LogP contribution in [-0.2, 0) is 0 Å². The third-order valence-electron chi connectivity index (χ3n) is 3.49. The van der Waals surface area contributed by atoms with Crippen LogP contribution in [0.25, 0.3) is 0 Å². The molecule has 0 spiro atoms. The molecule has 16 heavy (non-hydrogen) atoms. The summed E-state index contributed by atoms with van der Waals surface area (Å²) in [5, 5.41) is 0.973. The average molecular weight is 238 g/mol. The molecule has 0 amide bonds. The van der Waals surface area contributed by atoms with Gasteiger partial charge >= 0.3 is 0 Å². The number of hydrogen-bond donors (Lipinski definition) is 0. The summed E-state index contributed by atoms with van der Waals surface area (Å²) < 4.78 is 0. The number of thiazole rings is 1. The van der Waals surface area contributed by atoms with Crippen LogP contribution in [0, 0.1) is 5.92 Å². The summed E-state index contributed by atoms with van der Waals surface area (Å²) in [6, 6.07) is 0.583. The van der Waals surface area contributed by atoms with E-state index in [-0.39, 0.29) is 0 Å². The maximum absolute atomic E-state index is 10.6. The molecular formula is C12H18N2OS. The first-order valence-electron chi connectivity index (χ1n) is 5.86. The lowest BCUT2D eigenvalue weighted by Crippen LogP contribution is -2.38. The summed E-state index contributed by atoms with van der Waals surface area (Å²) in [5.74, 6) is 0.724. The van der Waals surface area contributed by atoms with Gasteiger partial charge in [-0.25, -0.2) is 4.98 Å². The first-order valence-corrected chi connectivity index (χ1v) is 6.68. The highest BCUT2D eigenvalue weighted by Gasteiger charge is 2.26. The molecule has 0 aliphatic heterocycles. The van der Waals surface area contributed by atoms with Gasteiger partial charge in [-0.05, 0) is 18.8 Å². The van der Waals surface area contributed by atoms with Crippen LogP contribution in [0.3, 0.4) is 0 Å². The summed E-state index contributed by atoms with van der Waals surface area (Å²) in [4.78, 5) is 17.9. The Morgan fingerprint density at radius 3 is 2.88 bits per heavy atom. The van der Waals surface area contributed by atoms with Gasteiger partial charge in [0.15, 0.2) is 11.4 Å². The fourth-order valence-electron chi connectivity index (χ4n) is 2.51. The van der Waals surface area contributed by atoms with E-state index in [4.69, 9.17) is 0 Å². The van der Waals surface area contributed by atoms with Crippen molar-refractivity contribution in [2.75, 3.05) is 11.9 Å². The normalized spacial score (nSPS) is 25.4. The van der Waals surface area contributed by atoms with Crippen LogP contribution in [0.4, 0.5) is 5.13 Å². The maximum Gasteiger partial charge on any atom is 0.185 e. The lowest BCUT2D eigenvalue weighted by molar-refractivity contribution is 0.112. The molecule has 0 aromatic carbocycles. The van der Waals surface area contributed by atoms with Crippen LogP contribution < -0.4 is 4.90 Å². The minimum absolute atomic E-state index is 0.583. The van der Waals surface area contributed by atoms with E-state index >= 15 is 0 Å². The van der Waals surface area contributed by atoms with E-state index in [1.807, 2.05) is 0 Å². The van der Waals surface area contributed by atoms with Crippen molar-refractivity contribution in [1.82, 2.24) is 4.98 Å². The topological polar surface area (TPSA) is 33.2 Å². The lowest BCUT2D eigenvalue weighted by atomic mass is 9.85. The van der Waals surface area contributed by atoms with Crippen LogP contribution in [0.1, 0.15) is 42.3 Å². The summed E-state index contributed by atoms with van der Waals surface area (Å²) in [5.41, 5.74) is 0. The zero-order chi connectivity index (χ0) is 11.5. The quantitative estimate of drug-likeness (QED) is 0.759. The van der Waals surface area contributed by atoms with Crippen LogP contribution in [0.2, 0.25) is 0 Å². The Balaban J connectivity index is 2.10. The number of aldehydes is 1. The fraction of sp³-hybridized carbons (Fsp3) is 0.667. The number of hydrogen-bond acceptors (Lipinski definition) is 4. The van der Waals surface area contributed by atoms with Gasteiger partial charge < -0.3 is 4.90 Å². The predicted octanol–water partition coefficient (Wildman–Crippen LogP) is 2.97. The number of carbonyl (C=O) groups is 1. The minimum Gasteiger partial charge on any atom is -0.348 e. The Labute approximate surface area is 100 Å². The van der Waals surface area contributed by atoms with Gasteiger partial charge in [-0.3, -0.25) is 4.79 Å². The average Bonchev–Trinajstić information content (AvgIpc) is 2.77.